The third-order valence-corrected chi connectivity index (χ3v) is 12.9. The van der Waals surface area contributed by atoms with Crippen LogP contribution in [-0.2, 0) is 0 Å². The number of rotatable bonds is 8. The van der Waals surface area contributed by atoms with Crippen LogP contribution in [0.2, 0.25) is 0 Å². The predicted octanol–water partition coefficient (Wildman–Crippen LogP) is 17.0. The minimum Gasteiger partial charge on any atom is -0.309 e. The Morgan fingerprint density at radius 3 is 1.62 bits per heavy atom. The third kappa shape index (κ3) is 6.44. The van der Waals surface area contributed by atoms with Crippen LogP contribution in [0.4, 0.5) is 17.1 Å². The quantitative estimate of drug-likeness (QED) is 0.148. The van der Waals surface area contributed by atoms with Crippen LogP contribution < -0.4 is 4.90 Å². The molecule has 0 aliphatic heterocycles. The first-order chi connectivity index (χ1) is 29.8. The van der Waals surface area contributed by atoms with Crippen molar-refractivity contribution in [1.82, 2.24) is 0 Å². The lowest BCUT2D eigenvalue weighted by atomic mass is 9.94. The molecule has 0 N–H and O–H groups in total. The zero-order valence-corrected chi connectivity index (χ0v) is 33.7. The Morgan fingerprint density at radius 2 is 0.783 bits per heavy atom. The van der Waals surface area contributed by atoms with Gasteiger partial charge in [-0.25, -0.2) is 0 Å². The summed E-state index contributed by atoms with van der Waals surface area (Å²) in [4.78, 5) is 2.44. The van der Waals surface area contributed by atoms with Crippen molar-refractivity contribution >= 4 is 59.3 Å². The van der Waals surface area contributed by atoms with Gasteiger partial charge in [-0.1, -0.05) is 200 Å². The SMILES string of the molecule is c1ccc(-c2ccc(-c3ccccc3N(c3ccc(-c4cccc(-c5cccc6c5sc5ccccc56)c4)cc3)c3ccccc3-c3cccc4ccccc34)cc2)cc1. The number of para-hydroxylation sites is 2. The number of thiophene rings is 1. The van der Waals surface area contributed by atoms with Crippen LogP contribution in [0.5, 0.6) is 0 Å². The molecular formula is C58H39NS. The Morgan fingerprint density at radius 1 is 0.283 bits per heavy atom. The fourth-order valence-corrected chi connectivity index (χ4v) is 10.0. The van der Waals surface area contributed by atoms with Gasteiger partial charge in [0.2, 0.25) is 0 Å². The number of fused-ring (bicyclic) bond motifs is 4. The smallest absolute Gasteiger partial charge is 0.0540 e. The molecule has 0 spiro atoms. The number of nitrogens with zero attached hydrogens (tertiary/aromatic N) is 1. The van der Waals surface area contributed by atoms with Crippen LogP contribution in [0.25, 0.3) is 86.6 Å². The van der Waals surface area contributed by atoms with E-state index in [0.717, 1.165) is 22.6 Å². The molecule has 282 valence electrons. The molecule has 11 rings (SSSR count). The molecule has 0 amide bonds. The zero-order chi connectivity index (χ0) is 39.8. The standard InChI is InChI=1S/C58H39NS/c1-2-15-40(16-3-1)41-31-33-44(34-32-41)49-22-6-9-28-55(49)59(56-29-10-7-23-52(56)51-26-13-18-43-17-4-5-21-48(43)51)47-37-35-42(36-38-47)45-19-12-20-46(39-45)50-25-14-27-54-53-24-8-11-30-57(53)60-58(50)54/h1-39H. The fourth-order valence-electron chi connectivity index (χ4n) is 8.79. The summed E-state index contributed by atoms with van der Waals surface area (Å²) in [6.45, 7) is 0. The lowest BCUT2D eigenvalue weighted by Gasteiger charge is -2.30. The van der Waals surface area contributed by atoms with Gasteiger partial charge in [0.15, 0.2) is 0 Å². The van der Waals surface area contributed by atoms with Crippen molar-refractivity contribution in [2.24, 2.45) is 0 Å². The Balaban J connectivity index is 1.04. The van der Waals surface area contributed by atoms with Gasteiger partial charge in [0.25, 0.3) is 0 Å². The van der Waals surface area contributed by atoms with Gasteiger partial charge >= 0.3 is 0 Å². The van der Waals surface area contributed by atoms with Crippen molar-refractivity contribution in [3.8, 4) is 55.6 Å². The summed E-state index contributed by atoms with van der Waals surface area (Å²) < 4.78 is 2.66. The highest BCUT2D eigenvalue weighted by atomic mass is 32.1. The van der Waals surface area contributed by atoms with Crippen LogP contribution in [0.1, 0.15) is 0 Å². The first-order valence-corrected chi connectivity index (χ1v) is 21.3. The summed E-state index contributed by atoms with van der Waals surface area (Å²) in [5, 5.41) is 5.10. The van der Waals surface area contributed by atoms with Gasteiger partial charge in [0, 0.05) is 37.0 Å². The van der Waals surface area contributed by atoms with E-state index >= 15 is 0 Å². The molecule has 11 aromatic rings. The summed E-state index contributed by atoms with van der Waals surface area (Å²) in [5.41, 5.74) is 15.3. The maximum absolute atomic E-state index is 2.44. The zero-order valence-electron chi connectivity index (χ0n) is 32.9. The van der Waals surface area contributed by atoms with E-state index in [1.807, 2.05) is 11.3 Å². The van der Waals surface area contributed by atoms with Crippen LogP contribution in [0, 0.1) is 0 Å². The Labute approximate surface area is 354 Å². The van der Waals surface area contributed by atoms with Crippen LogP contribution in [0.15, 0.2) is 237 Å². The normalized spacial score (nSPS) is 11.3. The maximum Gasteiger partial charge on any atom is 0.0540 e. The molecule has 0 aliphatic rings. The molecule has 0 saturated heterocycles. The summed E-state index contributed by atoms with van der Waals surface area (Å²) in [6.07, 6.45) is 0. The van der Waals surface area contributed by atoms with Crippen LogP contribution in [0.3, 0.4) is 0 Å². The van der Waals surface area contributed by atoms with E-state index in [-0.39, 0.29) is 0 Å². The van der Waals surface area contributed by atoms with E-state index in [0.29, 0.717) is 0 Å². The molecule has 0 aliphatic carbocycles. The van der Waals surface area contributed by atoms with Crippen molar-refractivity contribution < 1.29 is 0 Å². The number of hydrogen-bond donors (Lipinski definition) is 0. The summed E-state index contributed by atoms with van der Waals surface area (Å²) >= 11 is 1.88. The van der Waals surface area contributed by atoms with Gasteiger partial charge < -0.3 is 4.90 Å². The molecule has 10 aromatic carbocycles. The van der Waals surface area contributed by atoms with Crippen molar-refractivity contribution in [3.63, 3.8) is 0 Å². The molecule has 2 heteroatoms. The molecule has 0 bridgehead atoms. The van der Waals surface area contributed by atoms with E-state index in [1.165, 1.54) is 81.0 Å². The number of anilines is 3. The average Bonchev–Trinajstić information content (AvgIpc) is 3.72. The molecule has 0 fully saturated rings. The largest absolute Gasteiger partial charge is 0.309 e. The minimum atomic E-state index is 1.09. The topological polar surface area (TPSA) is 3.24 Å². The minimum absolute atomic E-state index is 1.09. The molecule has 60 heavy (non-hydrogen) atoms. The first-order valence-electron chi connectivity index (χ1n) is 20.5. The summed E-state index contributed by atoms with van der Waals surface area (Å²) in [6, 6.07) is 86.1. The lowest BCUT2D eigenvalue weighted by molar-refractivity contribution is 1.28. The summed E-state index contributed by atoms with van der Waals surface area (Å²) in [5.74, 6) is 0. The summed E-state index contributed by atoms with van der Waals surface area (Å²) in [7, 11) is 0. The van der Waals surface area contributed by atoms with E-state index in [9.17, 15) is 0 Å². The second-order valence-corrected chi connectivity index (χ2v) is 16.3. The Bertz CT molecular complexity index is 3300. The molecule has 0 unspecified atom stereocenters. The maximum atomic E-state index is 2.44. The number of hydrogen-bond acceptors (Lipinski definition) is 2. The Hall–Kier alpha value is -7.52. The fraction of sp³-hybridized carbons (Fsp3) is 0. The predicted molar refractivity (Wildman–Crippen MR) is 259 cm³/mol. The Kier molecular flexibility index (Phi) is 9.11. The van der Waals surface area contributed by atoms with Crippen molar-refractivity contribution in [2.75, 3.05) is 4.90 Å². The van der Waals surface area contributed by atoms with Gasteiger partial charge in [-0.2, -0.15) is 0 Å². The van der Waals surface area contributed by atoms with Crippen LogP contribution in [-0.4, -0.2) is 0 Å². The average molecular weight is 782 g/mol. The monoisotopic (exact) mass is 781 g/mol. The van der Waals surface area contributed by atoms with E-state index in [2.05, 4.69) is 241 Å². The first kappa shape index (κ1) is 35.6. The highest BCUT2D eigenvalue weighted by molar-refractivity contribution is 7.26. The second kappa shape index (κ2) is 15.3. The highest BCUT2D eigenvalue weighted by Crippen LogP contribution is 2.47. The third-order valence-electron chi connectivity index (χ3n) is 11.7. The molecule has 0 saturated carbocycles. The molecular weight excluding hydrogens is 743 g/mol. The van der Waals surface area contributed by atoms with E-state index in [1.54, 1.807) is 0 Å². The molecule has 0 radical (unpaired) electrons. The molecule has 1 nitrogen and oxygen atoms in total. The van der Waals surface area contributed by atoms with Crippen LogP contribution >= 0.6 is 11.3 Å². The lowest BCUT2D eigenvalue weighted by Crippen LogP contribution is -2.12. The van der Waals surface area contributed by atoms with Gasteiger partial charge in [-0.05, 0) is 91.7 Å². The van der Waals surface area contributed by atoms with Gasteiger partial charge in [0.1, 0.15) is 0 Å². The van der Waals surface area contributed by atoms with Gasteiger partial charge in [0.05, 0.1) is 11.4 Å². The van der Waals surface area contributed by atoms with Gasteiger partial charge in [-0.15, -0.1) is 11.3 Å². The van der Waals surface area contributed by atoms with Crippen molar-refractivity contribution in [2.45, 2.75) is 0 Å². The highest BCUT2D eigenvalue weighted by Gasteiger charge is 2.21. The van der Waals surface area contributed by atoms with Crippen molar-refractivity contribution in [1.29, 1.82) is 0 Å². The van der Waals surface area contributed by atoms with Crippen molar-refractivity contribution in [3.05, 3.63) is 237 Å². The second-order valence-electron chi connectivity index (χ2n) is 15.2. The molecule has 1 aromatic heterocycles. The van der Waals surface area contributed by atoms with Gasteiger partial charge in [-0.3, -0.25) is 0 Å². The molecule has 0 atom stereocenters. The van der Waals surface area contributed by atoms with E-state index in [4.69, 9.17) is 0 Å². The molecule has 1 heterocycles. The number of benzene rings is 10. The van der Waals surface area contributed by atoms with E-state index < -0.39 is 0 Å².